The molecular weight excluding hydrogens is 452 g/mol. The number of nitrogens with one attached hydrogen (secondary N) is 1. The average Bonchev–Trinajstić information content (AvgIpc) is 2.79. The topological polar surface area (TPSA) is 150 Å². The summed E-state index contributed by atoms with van der Waals surface area (Å²) in [5.41, 5.74) is 6.33. The highest BCUT2D eigenvalue weighted by molar-refractivity contribution is 5.95. The quantitative estimate of drug-likeness (QED) is 0.420. The van der Waals surface area contributed by atoms with Crippen molar-refractivity contribution in [1.29, 1.82) is 0 Å². The third-order valence-corrected chi connectivity index (χ3v) is 5.32. The van der Waals surface area contributed by atoms with Crippen LogP contribution in [0.4, 0.5) is 0 Å². The van der Waals surface area contributed by atoms with Crippen molar-refractivity contribution >= 4 is 29.6 Å². The molecule has 0 aromatic heterocycles. The van der Waals surface area contributed by atoms with Gasteiger partial charge in [0.15, 0.2) is 0 Å². The minimum absolute atomic E-state index is 0.137. The number of benzene rings is 1. The van der Waals surface area contributed by atoms with E-state index < -0.39 is 29.9 Å². The molecule has 2 unspecified atom stereocenters. The molecule has 10 heteroatoms. The lowest BCUT2D eigenvalue weighted by atomic mass is 9.99. The number of carboxylic acid groups (broad SMARTS) is 1. The molecule has 1 heterocycles. The van der Waals surface area contributed by atoms with Gasteiger partial charge in [-0.2, -0.15) is 0 Å². The molecule has 2 atom stereocenters. The first kappa shape index (κ1) is 29.3. The maximum atomic E-state index is 12.8. The second kappa shape index (κ2) is 14.5. The van der Waals surface area contributed by atoms with E-state index >= 15 is 0 Å². The van der Waals surface area contributed by atoms with Crippen molar-refractivity contribution in [2.75, 3.05) is 19.6 Å². The highest BCUT2D eigenvalue weighted by atomic mass is 16.4. The number of carbonyl (C=O) groups excluding carboxylic acids is 4. The lowest BCUT2D eigenvalue weighted by Gasteiger charge is -2.40. The summed E-state index contributed by atoms with van der Waals surface area (Å²) in [6, 6.07) is 8.29. The average molecular weight is 489 g/mol. The molecular formula is C25H36N4O6. The van der Waals surface area contributed by atoms with Gasteiger partial charge >= 0.3 is 5.97 Å². The summed E-state index contributed by atoms with van der Waals surface area (Å²) in [5, 5.41) is 11.5. The first-order valence-corrected chi connectivity index (χ1v) is 11.5. The van der Waals surface area contributed by atoms with Gasteiger partial charge in [0, 0.05) is 19.5 Å². The third kappa shape index (κ3) is 10.4. The molecule has 2 rings (SSSR count). The second-order valence-corrected chi connectivity index (χ2v) is 8.76. The van der Waals surface area contributed by atoms with Crippen molar-refractivity contribution in [3.63, 3.8) is 0 Å². The number of aryl methyl sites for hydroxylation is 1. The van der Waals surface area contributed by atoms with Gasteiger partial charge in [-0.3, -0.25) is 19.2 Å². The van der Waals surface area contributed by atoms with Gasteiger partial charge in [-0.25, -0.2) is 4.79 Å². The van der Waals surface area contributed by atoms with Crippen LogP contribution in [0.5, 0.6) is 0 Å². The molecule has 192 valence electrons. The summed E-state index contributed by atoms with van der Waals surface area (Å²) >= 11 is 0. The largest absolute Gasteiger partial charge is 0.480 e. The first-order valence-electron chi connectivity index (χ1n) is 11.5. The van der Waals surface area contributed by atoms with Crippen molar-refractivity contribution in [3.8, 4) is 0 Å². The number of nitrogens with zero attached hydrogens (tertiary/aromatic N) is 2. The Bertz CT molecular complexity index is 902. The van der Waals surface area contributed by atoms with E-state index in [0.29, 0.717) is 6.42 Å². The Balaban J connectivity index is 0.000000744. The predicted octanol–water partition coefficient (Wildman–Crippen LogP) is 1.09. The van der Waals surface area contributed by atoms with Gasteiger partial charge in [0.1, 0.15) is 12.1 Å². The van der Waals surface area contributed by atoms with Crippen LogP contribution in [0.25, 0.3) is 0 Å². The Morgan fingerprint density at radius 1 is 1.20 bits per heavy atom. The fourth-order valence-corrected chi connectivity index (χ4v) is 3.54. The molecule has 0 radical (unpaired) electrons. The van der Waals surface area contributed by atoms with Crippen LogP contribution in [0.2, 0.25) is 0 Å². The monoisotopic (exact) mass is 488 g/mol. The van der Waals surface area contributed by atoms with Crippen molar-refractivity contribution in [3.05, 3.63) is 48.6 Å². The zero-order chi connectivity index (χ0) is 26.5. The maximum Gasteiger partial charge on any atom is 0.326 e. The highest BCUT2D eigenvalue weighted by Gasteiger charge is 2.37. The minimum Gasteiger partial charge on any atom is -0.480 e. The number of aliphatic carboxylic acids is 1. The molecule has 10 nitrogen and oxygen atoms in total. The van der Waals surface area contributed by atoms with Crippen molar-refractivity contribution < 1.29 is 29.1 Å². The second-order valence-electron chi connectivity index (χ2n) is 8.76. The predicted molar refractivity (Wildman–Crippen MR) is 131 cm³/mol. The molecule has 1 aliphatic rings. The summed E-state index contributed by atoms with van der Waals surface area (Å²) in [5.74, 6) is -3.19. The number of piperazine rings is 1. The molecule has 1 saturated heterocycles. The Morgan fingerprint density at radius 2 is 1.83 bits per heavy atom. The van der Waals surface area contributed by atoms with E-state index in [0.717, 1.165) is 6.08 Å². The zero-order valence-electron chi connectivity index (χ0n) is 20.6. The molecule has 35 heavy (non-hydrogen) atoms. The first-order chi connectivity index (χ1) is 16.5. The van der Waals surface area contributed by atoms with Gasteiger partial charge < -0.3 is 26.0 Å². The standard InChI is InChI=1S/C18H28N4O6.C7H8/c1-4-16(25)22-8-7-21(17(26)13(22)9-11(2)3)10-15(24)20-12(18(27)28)5-6-14(19)23;1-7-5-3-2-4-6-7/h4,11-13H,1,5-10H2,2-3H3,(H2,19,23)(H,20,24)(H,27,28);2-6H,1H3. The summed E-state index contributed by atoms with van der Waals surface area (Å²) in [4.78, 5) is 61.9. The molecule has 0 saturated carbocycles. The van der Waals surface area contributed by atoms with E-state index in [2.05, 4.69) is 31.0 Å². The van der Waals surface area contributed by atoms with Crippen LogP contribution in [0.3, 0.4) is 0 Å². The molecule has 1 fully saturated rings. The highest BCUT2D eigenvalue weighted by Crippen LogP contribution is 2.19. The Hall–Kier alpha value is -3.69. The Morgan fingerprint density at radius 3 is 2.29 bits per heavy atom. The number of primary amides is 1. The van der Waals surface area contributed by atoms with E-state index in [4.69, 9.17) is 10.8 Å². The number of rotatable bonds is 10. The fraction of sp³-hybridized carbons (Fsp3) is 0.480. The van der Waals surface area contributed by atoms with Crippen molar-refractivity contribution in [2.24, 2.45) is 11.7 Å². The molecule has 0 aliphatic carbocycles. The molecule has 1 aromatic rings. The van der Waals surface area contributed by atoms with Crippen LogP contribution < -0.4 is 11.1 Å². The zero-order valence-corrected chi connectivity index (χ0v) is 20.6. The van der Waals surface area contributed by atoms with Crippen LogP contribution in [-0.2, 0) is 24.0 Å². The molecule has 4 N–H and O–H groups in total. The molecule has 4 amide bonds. The summed E-state index contributed by atoms with van der Waals surface area (Å²) in [6.45, 7) is 9.46. The minimum atomic E-state index is -1.29. The molecule has 1 aliphatic heterocycles. The normalized spacial score (nSPS) is 16.1. The number of carboxylic acids is 1. The van der Waals surface area contributed by atoms with E-state index in [9.17, 15) is 24.0 Å². The molecule has 1 aromatic carbocycles. The van der Waals surface area contributed by atoms with Crippen molar-refractivity contribution in [1.82, 2.24) is 15.1 Å². The van der Waals surface area contributed by atoms with E-state index in [-0.39, 0.29) is 50.2 Å². The van der Waals surface area contributed by atoms with Crippen LogP contribution in [0.1, 0.15) is 38.7 Å². The van der Waals surface area contributed by atoms with E-state index in [1.165, 1.54) is 15.4 Å². The van der Waals surface area contributed by atoms with Gasteiger partial charge in [-0.1, -0.05) is 56.3 Å². The third-order valence-electron chi connectivity index (χ3n) is 5.32. The van der Waals surface area contributed by atoms with Crippen LogP contribution in [0, 0.1) is 12.8 Å². The lowest BCUT2D eigenvalue weighted by Crippen LogP contribution is -2.60. The van der Waals surface area contributed by atoms with Gasteiger partial charge in [-0.05, 0) is 31.8 Å². The molecule has 0 spiro atoms. The number of hydrogen-bond donors (Lipinski definition) is 3. The van der Waals surface area contributed by atoms with Crippen LogP contribution >= 0.6 is 0 Å². The maximum absolute atomic E-state index is 12.8. The van der Waals surface area contributed by atoms with Crippen molar-refractivity contribution in [2.45, 2.75) is 52.1 Å². The van der Waals surface area contributed by atoms with Crippen LogP contribution in [0.15, 0.2) is 43.0 Å². The number of amides is 4. The number of hydrogen-bond acceptors (Lipinski definition) is 5. The Labute approximate surface area is 206 Å². The summed E-state index contributed by atoms with van der Waals surface area (Å²) in [7, 11) is 0. The summed E-state index contributed by atoms with van der Waals surface area (Å²) < 4.78 is 0. The number of carbonyl (C=O) groups is 5. The lowest BCUT2D eigenvalue weighted by molar-refractivity contribution is -0.152. The smallest absolute Gasteiger partial charge is 0.326 e. The van der Waals surface area contributed by atoms with Crippen LogP contribution in [-0.4, -0.2) is 76.2 Å². The van der Waals surface area contributed by atoms with Gasteiger partial charge in [0.25, 0.3) is 0 Å². The number of nitrogens with two attached hydrogens (primary N) is 1. The van der Waals surface area contributed by atoms with Gasteiger partial charge in [-0.15, -0.1) is 0 Å². The van der Waals surface area contributed by atoms with Gasteiger partial charge in [0.05, 0.1) is 6.54 Å². The van der Waals surface area contributed by atoms with E-state index in [1.54, 1.807) is 0 Å². The van der Waals surface area contributed by atoms with E-state index in [1.807, 2.05) is 32.0 Å². The Kier molecular flexibility index (Phi) is 12.2. The summed E-state index contributed by atoms with van der Waals surface area (Å²) in [6.07, 6.45) is 1.27. The molecule has 0 bridgehead atoms. The SMILES string of the molecule is C=CC(=O)N1CCN(CC(=O)NC(CCC(N)=O)C(=O)O)C(=O)C1CC(C)C.Cc1ccccc1. The fourth-order valence-electron chi connectivity index (χ4n) is 3.54. The van der Waals surface area contributed by atoms with Gasteiger partial charge in [0.2, 0.25) is 23.6 Å².